The molecule has 0 fully saturated rings. The van der Waals surface area contributed by atoms with E-state index >= 15 is 0 Å². The van der Waals surface area contributed by atoms with Crippen LogP contribution in [0.3, 0.4) is 0 Å². The molecule has 1 heterocycles. The fourth-order valence-corrected chi connectivity index (χ4v) is 3.76. The lowest BCUT2D eigenvalue weighted by molar-refractivity contribution is 0.0999. The molecule has 3 rings (SSSR count). The molecule has 0 spiro atoms. The number of Topliss-reactive ketones (excluding diaryl/α,β-unsaturated/α-hetero) is 1. The molecule has 0 amide bonds. The number of halogens is 2. The number of ketones is 1. The Bertz CT molecular complexity index is 1100. The van der Waals surface area contributed by atoms with Gasteiger partial charge in [0.05, 0.1) is 20.0 Å². The average Bonchev–Trinajstić information content (AvgIpc) is 3.03. The predicted octanol–water partition coefficient (Wildman–Crippen LogP) is 5.14. The number of phenolic OH excluding ortho intramolecular Hbond substituents is 1. The minimum Gasteiger partial charge on any atom is -0.506 e. The molecule has 4 nitrogen and oxygen atoms in total. The van der Waals surface area contributed by atoms with Gasteiger partial charge in [0.15, 0.2) is 5.78 Å². The van der Waals surface area contributed by atoms with Gasteiger partial charge in [0.2, 0.25) is 0 Å². The zero-order valence-electron chi connectivity index (χ0n) is 16.4. The summed E-state index contributed by atoms with van der Waals surface area (Å²) in [6, 6.07) is 1.46. The third-order valence-electron chi connectivity index (χ3n) is 3.52. The number of hydrogen-bond donors (Lipinski definition) is 2. The van der Waals surface area contributed by atoms with E-state index in [2.05, 4.69) is 31.9 Å². The van der Waals surface area contributed by atoms with Gasteiger partial charge in [-0.15, -0.1) is 0 Å². The van der Waals surface area contributed by atoms with E-state index in [4.69, 9.17) is 9.90 Å². The molecule has 1 unspecified atom stereocenters. The molecule has 24 heavy (non-hydrogen) atoms. The summed E-state index contributed by atoms with van der Waals surface area (Å²) in [7, 11) is 0. The zero-order chi connectivity index (χ0) is 20.9. The first-order valence-electron chi connectivity index (χ1n) is 8.93. The lowest BCUT2D eigenvalue weighted by atomic mass is 10.0. The molecule has 0 saturated heterocycles. The van der Waals surface area contributed by atoms with Gasteiger partial charge in [0.25, 0.3) is 0 Å². The first kappa shape index (κ1) is 12.7. The summed E-state index contributed by atoms with van der Waals surface area (Å²) in [5.74, 6) is -0.587. The normalized spacial score (nSPS) is 14.8. The summed E-state index contributed by atoms with van der Waals surface area (Å²) in [5.41, 5.74) is 0.392. The second kappa shape index (κ2) is 6.70. The molecule has 1 aromatic heterocycles. The van der Waals surface area contributed by atoms with Crippen molar-refractivity contribution in [1.82, 2.24) is 0 Å². The van der Waals surface area contributed by atoms with Crippen molar-refractivity contribution in [3.8, 4) is 5.75 Å². The number of phenols is 1. The molecular weight excluding hydrogens is 440 g/mol. The first-order chi connectivity index (χ1) is 13.0. The summed E-state index contributed by atoms with van der Waals surface area (Å²) in [5, 5.41) is 20.5. The van der Waals surface area contributed by atoms with Crippen LogP contribution >= 0.6 is 31.9 Å². The number of furan rings is 1. The second-order valence-corrected chi connectivity index (χ2v) is 6.94. The van der Waals surface area contributed by atoms with Crippen LogP contribution in [0.25, 0.3) is 11.0 Å². The van der Waals surface area contributed by atoms with Crippen molar-refractivity contribution in [2.75, 3.05) is 0 Å². The number of hydrogen-bond acceptors (Lipinski definition) is 4. The van der Waals surface area contributed by atoms with Gasteiger partial charge in [-0.25, -0.2) is 0 Å². The molecule has 6 heteroatoms. The van der Waals surface area contributed by atoms with Gasteiger partial charge >= 0.3 is 0 Å². The molecule has 1 atom stereocenters. The van der Waals surface area contributed by atoms with Gasteiger partial charge in [-0.1, -0.05) is 18.1 Å². The van der Waals surface area contributed by atoms with Crippen LogP contribution in [0.2, 0.25) is 0 Å². The van der Waals surface area contributed by atoms with Gasteiger partial charge in [-0.2, -0.15) is 0 Å². The monoisotopic (exact) mass is 456 g/mol. The number of aliphatic hydroxyl groups is 1. The quantitative estimate of drug-likeness (QED) is 0.532. The van der Waals surface area contributed by atoms with E-state index in [0.717, 1.165) is 0 Å². The minimum atomic E-state index is -1.28. The van der Waals surface area contributed by atoms with Crippen molar-refractivity contribution < 1.29 is 24.9 Å². The highest BCUT2D eigenvalue weighted by atomic mass is 79.9. The smallest absolute Gasteiger partial charge is 0.164 e. The maximum Gasteiger partial charge on any atom is 0.164 e. The van der Waals surface area contributed by atoms with Crippen LogP contribution in [0.15, 0.2) is 49.7 Å². The highest BCUT2D eigenvalue weighted by molar-refractivity contribution is 9.11. The van der Waals surface area contributed by atoms with Crippen LogP contribution in [0.1, 0.15) is 40.2 Å². The lowest BCUT2D eigenvalue weighted by Crippen LogP contribution is -2.06. The Labute approximate surface area is 161 Å². The van der Waals surface area contributed by atoms with E-state index in [9.17, 15) is 15.0 Å². The van der Waals surface area contributed by atoms with Crippen LogP contribution in [0.4, 0.5) is 0 Å². The second-order valence-electron chi connectivity index (χ2n) is 5.23. The average molecular weight is 458 g/mol. The SMILES string of the molecule is [2H]c1c([2H])c([2H])c2c(C(C)=O)c(C(O)Cc3cc(Br)c(O)c(Br)c3)oc2c1[2H]. The molecule has 0 saturated carbocycles. The number of aliphatic hydroxyl groups excluding tert-OH is 1. The number of aromatic hydroxyl groups is 1. The van der Waals surface area contributed by atoms with Crippen molar-refractivity contribution in [2.24, 2.45) is 0 Å². The first-order valence-corrected chi connectivity index (χ1v) is 8.51. The van der Waals surface area contributed by atoms with Crippen LogP contribution in [-0.4, -0.2) is 16.0 Å². The number of fused-ring (bicyclic) bond motifs is 1. The number of carbonyl (C=O) groups is 1. The lowest BCUT2D eigenvalue weighted by Gasteiger charge is -2.11. The Hall–Kier alpha value is -1.63. The Morgan fingerprint density at radius 1 is 1.29 bits per heavy atom. The molecular formula is C18H14Br2O4. The van der Waals surface area contributed by atoms with E-state index in [0.29, 0.717) is 14.5 Å². The summed E-state index contributed by atoms with van der Waals surface area (Å²) in [6.07, 6.45) is -1.25. The molecule has 0 aliphatic carbocycles. The third-order valence-corrected chi connectivity index (χ3v) is 4.73. The van der Waals surface area contributed by atoms with Gasteiger partial charge < -0.3 is 14.6 Å². The molecule has 0 aliphatic rings. The molecule has 0 bridgehead atoms. The summed E-state index contributed by atoms with van der Waals surface area (Å²) < 4.78 is 38.1. The summed E-state index contributed by atoms with van der Waals surface area (Å²) in [6.45, 7) is 1.25. The van der Waals surface area contributed by atoms with Gasteiger partial charge in [0, 0.05) is 11.8 Å². The summed E-state index contributed by atoms with van der Waals surface area (Å²) in [4.78, 5) is 12.2. The van der Waals surface area contributed by atoms with E-state index < -0.39 is 36.1 Å². The van der Waals surface area contributed by atoms with E-state index in [1.807, 2.05) is 0 Å². The largest absolute Gasteiger partial charge is 0.506 e. The molecule has 3 aromatic rings. The molecule has 2 N–H and O–H groups in total. The van der Waals surface area contributed by atoms with Crippen LogP contribution in [0, 0.1) is 0 Å². The van der Waals surface area contributed by atoms with E-state index in [1.54, 1.807) is 12.1 Å². The van der Waals surface area contributed by atoms with Crippen molar-refractivity contribution in [3.05, 3.63) is 62.1 Å². The van der Waals surface area contributed by atoms with E-state index in [-0.39, 0.29) is 34.5 Å². The van der Waals surface area contributed by atoms with Gasteiger partial charge in [-0.3, -0.25) is 4.79 Å². The van der Waals surface area contributed by atoms with Crippen molar-refractivity contribution in [2.45, 2.75) is 19.4 Å². The van der Waals surface area contributed by atoms with Crippen LogP contribution in [0.5, 0.6) is 5.75 Å². The fraction of sp³-hybridized carbons (Fsp3) is 0.167. The van der Waals surface area contributed by atoms with E-state index in [1.165, 1.54) is 6.92 Å². The number of para-hydroxylation sites is 1. The standard InChI is InChI=1S/C18H14Br2O4/c1-9(21)16-11-4-2-3-5-15(11)24-18(16)14(22)8-10-6-12(19)17(23)13(20)7-10/h2-7,14,22-23H,8H2,1H3/i2D,3D,4D,5D. The maximum absolute atomic E-state index is 12.2. The maximum atomic E-state index is 12.2. The highest BCUT2D eigenvalue weighted by Gasteiger charge is 2.24. The predicted molar refractivity (Wildman–Crippen MR) is 98.4 cm³/mol. The Balaban J connectivity index is 2.17. The van der Waals surface area contributed by atoms with Gasteiger partial charge in [-0.05, 0) is 62.5 Å². The number of carbonyl (C=O) groups excluding carboxylic acids is 1. The highest BCUT2D eigenvalue weighted by Crippen LogP contribution is 2.36. The minimum absolute atomic E-state index is 0.00930. The number of rotatable bonds is 4. The Morgan fingerprint density at radius 3 is 2.54 bits per heavy atom. The van der Waals surface area contributed by atoms with Crippen LogP contribution in [-0.2, 0) is 6.42 Å². The topological polar surface area (TPSA) is 70.7 Å². The van der Waals surface area contributed by atoms with Gasteiger partial charge in [0.1, 0.15) is 23.2 Å². The molecule has 2 aromatic carbocycles. The Morgan fingerprint density at radius 2 is 1.92 bits per heavy atom. The molecule has 0 radical (unpaired) electrons. The van der Waals surface area contributed by atoms with Crippen LogP contribution < -0.4 is 0 Å². The summed E-state index contributed by atoms with van der Waals surface area (Å²) >= 11 is 6.43. The fourth-order valence-electron chi connectivity index (χ4n) is 2.47. The number of benzene rings is 2. The Kier molecular flexibility index (Phi) is 3.55. The van der Waals surface area contributed by atoms with Crippen molar-refractivity contribution in [1.29, 1.82) is 0 Å². The van der Waals surface area contributed by atoms with Crippen molar-refractivity contribution in [3.63, 3.8) is 0 Å². The molecule has 0 aliphatic heterocycles. The third kappa shape index (κ3) is 3.14. The molecule has 124 valence electrons. The van der Waals surface area contributed by atoms with Crippen molar-refractivity contribution >= 4 is 48.6 Å². The zero-order valence-corrected chi connectivity index (χ0v) is 15.6.